The molecule has 0 aliphatic carbocycles. The number of aromatic nitrogens is 2. The molecular formula is C9H12N4O3. The molecule has 0 aromatic carbocycles. The van der Waals surface area contributed by atoms with Crippen LogP contribution in [-0.2, 0) is 0 Å². The number of amides is 1. The zero-order valence-corrected chi connectivity index (χ0v) is 8.89. The number of carbonyl (C=O) groups is 1. The van der Waals surface area contributed by atoms with Crippen molar-refractivity contribution < 1.29 is 9.72 Å². The van der Waals surface area contributed by atoms with Crippen LogP contribution in [0.3, 0.4) is 0 Å². The number of hydrogen-bond donors (Lipinski definition) is 1. The molecule has 1 aromatic heterocycles. The highest BCUT2D eigenvalue weighted by Crippen LogP contribution is 2.23. The van der Waals surface area contributed by atoms with E-state index in [1.54, 1.807) is 4.90 Å². The highest BCUT2D eigenvalue weighted by Gasteiger charge is 2.31. The Bertz CT molecular complexity index is 434. The summed E-state index contributed by atoms with van der Waals surface area (Å²) in [5.74, 6) is -0.353. The molecule has 0 radical (unpaired) electrons. The Kier molecular flexibility index (Phi) is 2.59. The Hall–Kier alpha value is -1.92. The zero-order valence-electron chi connectivity index (χ0n) is 8.89. The minimum absolute atomic E-state index is 0.0793. The standard InChI is InChI=1S/C9H12N4O3/c1-6-8(13(15)16)7(11-10-6)9(14)12-4-2-3-5-12/h2-5H2,1H3,(H,10,11). The van der Waals surface area contributed by atoms with Crippen molar-refractivity contribution in [3.8, 4) is 0 Å². The van der Waals surface area contributed by atoms with E-state index in [-0.39, 0.29) is 17.3 Å². The molecule has 2 rings (SSSR count). The topological polar surface area (TPSA) is 92.1 Å². The molecule has 1 aliphatic rings. The average molecular weight is 224 g/mol. The van der Waals surface area contributed by atoms with Crippen LogP contribution < -0.4 is 0 Å². The quantitative estimate of drug-likeness (QED) is 0.595. The van der Waals surface area contributed by atoms with Crippen LogP contribution in [0.4, 0.5) is 5.69 Å². The van der Waals surface area contributed by atoms with E-state index < -0.39 is 4.92 Å². The number of nitro groups is 1. The Balaban J connectivity index is 2.32. The van der Waals surface area contributed by atoms with Crippen LogP contribution in [0.1, 0.15) is 29.0 Å². The molecular weight excluding hydrogens is 212 g/mol. The lowest BCUT2D eigenvalue weighted by Crippen LogP contribution is -2.28. The van der Waals surface area contributed by atoms with Gasteiger partial charge in [-0.3, -0.25) is 20.0 Å². The Labute approximate surface area is 91.6 Å². The molecule has 0 unspecified atom stereocenters. The summed E-state index contributed by atoms with van der Waals surface area (Å²) in [4.78, 5) is 23.8. The summed E-state index contributed by atoms with van der Waals surface area (Å²) < 4.78 is 0. The van der Waals surface area contributed by atoms with Gasteiger partial charge in [0.1, 0.15) is 5.69 Å². The summed E-state index contributed by atoms with van der Waals surface area (Å²) in [5, 5.41) is 17.0. The number of H-pyrrole nitrogens is 1. The number of carbonyl (C=O) groups excluding carboxylic acids is 1. The predicted molar refractivity (Wildman–Crippen MR) is 55.1 cm³/mol. The Morgan fingerprint density at radius 3 is 2.69 bits per heavy atom. The molecule has 0 bridgehead atoms. The maximum absolute atomic E-state index is 11.9. The SMILES string of the molecule is Cc1[nH]nc(C(=O)N2CCCC2)c1[N+](=O)[O-]. The molecule has 7 nitrogen and oxygen atoms in total. The lowest BCUT2D eigenvalue weighted by molar-refractivity contribution is -0.385. The second-order valence-corrected chi connectivity index (χ2v) is 3.80. The van der Waals surface area contributed by atoms with Crippen LogP contribution in [0.15, 0.2) is 0 Å². The number of nitrogens with one attached hydrogen (secondary N) is 1. The molecule has 1 aliphatic heterocycles. The first-order valence-corrected chi connectivity index (χ1v) is 5.10. The summed E-state index contributed by atoms with van der Waals surface area (Å²) in [6, 6.07) is 0. The molecule has 1 N–H and O–H groups in total. The second-order valence-electron chi connectivity index (χ2n) is 3.80. The van der Waals surface area contributed by atoms with Crippen molar-refractivity contribution in [1.82, 2.24) is 15.1 Å². The van der Waals surface area contributed by atoms with Gasteiger partial charge in [-0.2, -0.15) is 5.10 Å². The minimum Gasteiger partial charge on any atom is -0.337 e. The second kappa shape index (κ2) is 3.92. The number of hydrogen-bond acceptors (Lipinski definition) is 4. The molecule has 0 atom stereocenters. The van der Waals surface area contributed by atoms with Crippen molar-refractivity contribution in [2.75, 3.05) is 13.1 Å². The summed E-state index contributed by atoms with van der Waals surface area (Å²) in [6.07, 6.45) is 1.89. The van der Waals surface area contributed by atoms with Crippen LogP contribution in [-0.4, -0.2) is 39.0 Å². The highest BCUT2D eigenvalue weighted by molar-refractivity contribution is 5.96. The fourth-order valence-corrected chi connectivity index (χ4v) is 1.87. The van der Waals surface area contributed by atoms with Gasteiger partial charge in [0.05, 0.1) is 4.92 Å². The van der Waals surface area contributed by atoms with Crippen molar-refractivity contribution in [3.63, 3.8) is 0 Å². The van der Waals surface area contributed by atoms with Crippen LogP contribution >= 0.6 is 0 Å². The summed E-state index contributed by atoms with van der Waals surface area (Å²) in [5.41, 5.74) is 0.0221. The third-order valence-corrected chi connectivity index (χ3v) is 2.69. The largest absolute Gasteiger partial charge is 0.337 e. The number of likely N-dealkylation sites (tertiary alicyclic amines) is 1. The van der Waals surface area contributed by atoms with Crippen LogP contribution in [0.2, 0.25) is 0 Å². The molecule has 86 valence electrons. The van der Waals surface area contributed by atoms with E-state index in [0.29, 0.717) is 18.8 Å². The van der Waals surface area contributed by atoms with E-state index in [2.05, 4.69) is 10.2 Å². The molecule has 0 spiro atoms. The van der Waals surface area contributed by atoms with Crippen molar-refractivity contribution in [2.24, 2.45) is 0 Å². The fourth-order valence-electron chi connectivity index (χ4n) is 1.87. The monoisotopic (exact) mass is 224 g/mol. The lowest BCUT2D eigenvalue weighted by atomic mass is 10.3. The summed E-state index contributed by atoms with van der Waals surface area (Å²) in [7, 11) is 0. The maximum atomic E-state index is 11.9. The Morgan fingerprint density at radius 2 is 2.12 bits per heavy atom. The van der Waals surface area contributed by atoms with Gasteiger partial charge in [0, 0.05) is 13.1 Å². The lowest BCUT2D eigenvalue weighted by Gasteiger charge is -2.12. The first kappa shape index (κ1) is 10.6. The number of nitrogens with zero attached hydrogens (tertiary/aromatic N) is 3. The van der Waals surface area contributed by atoms with Gasteiger partial charge in [0.15, 0.2) is 0 Å². The highest BCUT2D eigenvalue weighted by atomic mass is 16.6. The summed E-state index contributed by atoms with van der Waals surface area (Å²) >= 11 is 0. The van der Waals surface area contributed by atoms with E-state index in [1.165, 1.54) is 6.92 Å². The average Bonchev–Trinajstić information content (AvgIpc) is 2.84. The first-order valence-electron chi connectivity index (χ1n) is 5.10. The third kappa shape index (κ3) is 1.64. The maximum Gasteiger partial charge on any atom is 0.322 e. The van der Waals surface area contributed by atoms with E-state index in [4.69, 9.17) is 0 Å². The van der Waals surface area contributed by atoms with Gasteiger partial charge in [0.2, 0.25) is 5.69 Å². The van der Waals surface area contributed by atoms with E-state index >= 15 is 0 Å². The van der Waals surface area contributed by atoms with E-state index in [9.17, 15) is 14.9 Å². The molecule has 7 heteroatoms. The van der Waals surface area contributed by atoms with Crippen molar-refractivity contribution in [3.05, 3.63) is 21.5 Å². The van der Waals surface area contributed by atoms with Gasteiger partial charge in [0.25, 0.3) is 5.91 Å². The third-order valence-electron chi connectivity index (χ3n) is 2.69. The van der Waals surface area contributed by atoms with Crippen LogP contribution in [0, 0.1) is 17.0 Å². The molecule has 2 heterocycles. The van der Waals surface area contributed by atoms with E-state index in [1.807, 2.05) is 0 Å². The van der Waals surface area contributed by atoms with E-state index in [0.717, 1.165) is 12.8 Å². The van der Waals surface area contributed by atoms with Crippen LogP contribution in [0.5, 0.6) is 0 Å². The van der Waals surface area contributed by atoms with Gasteiger partial charge in [-0.15, -0.1) is 0 Å². The van der Waals surface area contributed by atoms with Gasteiger partial charge in [-0.05, 0) is 19.8 Å². The van der Waals surface area contributed by atoms with Crippen LogP contribution in [0.25, 0.3) is 0 Å². The number of aromatic amines is 1. The Morgan fingerprint density at radius 1 is 1.50 bits per heavy atom. The van der Waals surface area contributed by atoms with Gasteiger partial charge < -0.3 is 4.90 Å². The molecule has 1 saturated heterocycles. The van der Waals surface area contributed by atoms with Crippen molar-refractivity contribution >= 4 is 11.6 Å². The smallest absolute Gasteiger partial charge is 0.322 e. The molecule has 16 heavy (non-hydrogen) atoms. The number of aryl methyl sites for hydroxylation is 1. The summed E-state index contributed by atoms with van der Waals surface area (Å²) in [6.45, 7) is 2.84. The van der Waals surface area contributed by atoms with Gasteiger partial charge in [-0.25, -0.2) is 0 Å². The van der Waals surface area contributed by atoms with Gasteiger partial charge in [-0.1, -0.05) is 0 Å². The fraction of sp³-hybridized carbons (Fsp3) is 0.556. The normalized spacial score (nSPS) is 15.4. The van der Waals surface area contributed by atoms with Crippen molar-refractivity contribution in [2.45, 2.75) is 19.8 Å². The number of rotatable bonds is 2. The molecule has 1 amide bonds. The van der Waals surface area contributed by atoms with Gasteiger partial charge >= 0.3 is 5.69 Å². The zero-order chi connectivity index (χ0) is 11.7. The molecule has 1 fully saturated rings. The first-order chi connectivity index (χ1) is 7.61. The molecule has 0 saturated carbocycles. The van der Waals surface area contributed by atoms with Crippen molar-refractivity contribution in [1.29, 1.82) is 0 Å². The predicted octanol–water partition coefficient (Wildman–Crippen LogP) is 0.862. The molecule has 1 aromatic rings. The minimum atomic E-state index is -0.567.